The lowest BCUT2D eigenvalue weighted by Crippen LogP contribution is -2.18. The molecule has 1 aromatic rings. The van der Waals surface area contributed by atoms with Crippen LogP contribution in [0.15, 0.2) is 18.2 Å². The van der Waals surface area contributed by atoms with Crippen molar-refractivity contribution in [2.45, 2.75) is 46.3 Å². The number of ether oxygens (including phenoxy) is 1. The zero-order valence-corrected chi connectivity index (χ0v) is 11.0. The van der Waals surface area contributed by atoms with E-state index in [2.05, 4.69) is 13.8 Å². The van der Waals surface area contributed by atoms with E-state index in [9.17, 15) is 4.39 Å². The van der Waals surface area contributed by atoms with Crippen molar-refractivity contribution in [2.75, 3.05) is 0 Å². The van der Waals surface area contributed by atoms with Crippen LogP contribution in [0.2, 0.25) is 0 Å². The molecule has 0 aliphatic rings. The Kier molecular flexibility index (Phi) is 4.94. The summed E-state index contributed by atoms with van der Waals surface area (Å²) in [7, 11) is 0. The standard InChI is InChI=1S/C14H22FNO/c1-9(2)8-10(3)17-14-12(11(4)16)6-5-7-13(14)15/h5-7,9-11H,8,16H2,1-4H3/t10?,11-/m0/s1. The second-order valence-corrected chi connectivity index (χ2v) is 5.00. The molecule has 0 aliphatic carbocycles. The van der Waals surface area contributed by atoms with Gasteiger partial charge in [0.25, 0.3) is 0 Å². The average molecular weight is 239 g/mol. The molecule has 1 rings (SSSR count). The molecule has 2 N–H and O–H groups in total. The van der Waals surface area contributed by atoms with Crippen LogP contribution in [0.3, 0.4) is 0 Å². The second kappa shape index (κ2) is 6.01. The summed E-state index contributed by atoms with van der Waals surface area (Å²) in [6, 6.07) is 4.65. The highest BCUT2D eigenvalue weighted by atomic mass is 19.1. The van der Waals surface area contributed by atoms with Crippen LogP contribution in [0, 0.1) is 11.7 Å². The van der Waals surface area contributed by atoms with Crippen LogP contribution in [0.1, 0.15) is 45.7 Å². The normalized spacial score (nSPS) is 14.8. The Morgan fingerprint density at radius 2 is 1.88 bits per heavy atom. The molecule has 0 heterocycles. The van der Waals surface area contributed by atoms with Crippen LogP contribution in [0.5, 0.6) is 5.75 Å². The number of hydrogen-bond acceptors (Lipinski definition) is 2. The molecule has 2 atom stereocenters. The Hall–Kier alpha value is -1.09. The van der Waals surface area contributed by atoms with Crippen molar-refractivity contribution in [3.63, 3.8) is 0 Å². The SMILES string of the molecule is CC(C)CC(C)Oc1c(F)cccc1[C@H](C)N. The number of para-hydroxylation sites is 1. The molecule has 2 nitrogen and oxygen atoms in total. The number of nitrogens with two attached hydrogens (primary N) is 1. The summed E-state index contributed by atoms with van der Waals surface area (Å²) in [5, 5.41) is 0. The highest BCUT2D eigenvalue weighted by Gasteiger charge is 2.16. The summed E-state index contributed by atoms with van der Waals surface area (Å²) >= 11 is 0. The molecule has 96 valence electrons. The smallest absolute Gasteiger partial charge is 0.165 e. The van der Waals surface area contributed by atoms with Gasteiger partial charge in [0.15, 0.2) is 11.6 Å². The highest BCUT2D eigenvalue weighted by Crippen LogP contribution is 2.28. The lowest BCUT2D eigenvalue weighted by Gasteiger charge is -2.20. The number of halogens is 1. The van der Waals surface area contributed by atoms with Gasteiger partial charge in [-0.15, -0.1) is 0 Å². The van der Waals surface area contributed by atoms with Gasteiger partial charge in [-0.25, -0.2) is 4.39 Å². The monoisotopic (exact) mass is 239 g/mol. The fourth-order valence-electron chi connectivity index (χ4n) is 1.92. The fourth-order valence-corrected chi connectivity index (χ4v) is 1.92. The van der Waals surface area contributed by atoms with E-state index >= 15 is 0 Å². The summed E-state index contributed by atoms with van der Waals surface area (Å²) in [6.45, 7) is 8.02. The van der Waals surface area contributed by atoms with Crippen LogP contribution in [-0.4, -0.2) is 6.10 Å². The lowest BCUT2D eigenvalue weighted by atomic mass is 10.1. The minimum absolute atomic E-state index is 0.00981. The van der Waals surface area contributed by atoms with Crippen molar-refractivity contribution >= 4 is 0 Å². The first kappa shape index (κ1) is 14.0. The van der Waals surface area contributed by atoms with E-state index in [1.54, 1.807) is 6.07 Å². The minimum atomic E-state index is -0.338. The molecule has 0 spiro atoms. The highest BCUT2D eigenvalue weighted by molar-refractivity contribution is 5.37. The zero-order chi connectivity index (χ0) is 13.0. The molecule has 1 aromatic carbocycles. The van der Waals surface area contributed by atoms with Crippen molar-refractivity contribution in [2.24, 2.45) is 11.7 Å². The van der Waals surface area contributed by atoms with Gasteiger partial charge in [0.2, 0.25) is 0 Å². The minimum Gasteiger partial charge on any atom is -0.487 e. The molecular weight excluding hydrogens is 217 g/mol. The molecule has 0 saturated carbocycles. The van der Waals surface area contributed by atoms with E-state index in [4.69, 9.17) is 10.5 Å². The summed E-state index contributed by atoms with van der Waals surface area (Å²) < 4.78 is 19.4. The van der Waals surface area contributed by atoms with Crippen LogP contribution >= 0.6 is 0 Å². The molecule has 0 bridgehead atoms. The van der Waals surface area contributed by atoms with E-state index in [-0.39, 0.29) is 18.0 Å². The Balaban J connectivity index is 2.89. The van der Waals surface area contributed by atoms with E-state index in [0.29, 0.717) is 11.7 Å². The van der Waals surface area contributed by atoms with Gasteiger partial charge in [-0.2, -0.15) is 0 Å². The maximum Gasteiger partial charge on any atom is 0.165 e. The number of benzene rings is 1. The topological polar surface area (TPSA) is 35.2 Å². The molecule has 0 aromatic heterocycles. The molecule has 1 unspecified atom stereocenters. The molecule has 0 saturated heterocycles. The van der Waals surface area contributed by atoms with Crippen LogP contribution in [-0.2, 0) is 0 Å². The average Bonchev–Trinajstić information content (AvgIpc) is 2.19. The van der Waals surface area contributed by atoms with Crippen molar-refractivity contribution < 1.29 is 9.13 Å². The Morgan fingerprint density at radius 1 is 1.24 bits per heavy atom. The van der Waals surface area contributed by atoms with Gasteiger partial charge in [0.05, 0.1) is 6.10 Å². The van der Waals surface area contributed by atoms with Gasteiger partial charge < -0.3 is 10.5 Å². The molecule has 0 amide bonds. The summed E-state index contributed by atoms with van der Waals surface area (Å²) in [6.07, 6.45) is 0.886. The maximum atomic E-state index is 13.7. The zero-order valence-electron chi connectivity index (χ0n) is 11.0. The van der Waals surface area contributed by atoms with E-state index < -0.39 is 0 Å². The van der Waals surface area contributed by atoms with Crippen molar-refractivity contribution in [1.82, 2.24) is 0 Å². The quantitative estimate of drug-likeness (QED) is 0.851. The van der Waals surface area contributed by atoms with Crippen molar-refractivity contribution in [3.8, 4) is 5.75 Å². The van der Waals surface area contributed by atoms with Crippen molar-refractivity contribution in [1.29, 1.82) is 0 Å². The van der Waals surface area contributed by atoms with Crippen LogP contribution in [0.25, 0.3) is 0 Å². The molecule has 0 aliphatic heterocycles. The lowest BCUT2D eigenvalue weighted by molar-refractivity contribution is 0.182. The molecule has 3 heteroatoms. The van der Waals surface area contributed by atoms with Gasteiger partial charge in [-0.3, -0.25) is 0 Å². The molecule has 0 radical (unpaired) electrons. The predicted molar refractivity (Wildman–Crippen MR) is 68.5 cm³/mol. The van der Waals surface area contributed by atoms with Crippen LogP contribution in [0.4, 0.5) is 4.39 Å². The van der Waals surface area contributed by atoms with Gasteiger partial charge >= 0.3 is 0 Å². The Bertz CT molecular complexity index is 363. The molecular formula is C14H22FNO. The third-order valence-electron chi connectivity index (χ3n) is 2.61. The molecule has 0 fully saturated rings. The van der Waals surface area contributed by atoms with E-state index in [0.717, 1.165) is 12.0 Å². The first-order chi connectivity index (χ1) is 7.91. The van der Waals surface area contributed by atoms with E-state index in [1.807, 2.05) is 19.9 Å². The Labute approximate surface area is 103 Å². The molecule has 17 heavy (non-hydrogen) atoms. The van der Waals surface area contributed by atoms with Gasteiger partial charge in [0.1, 0.15) is 0 Å². The predicted octanol–water partition coefficient (Wildman–Crippen LogP) is 3.66. The van der Waals surface area contributed by atoms with Crippen molar-refractivity contribution in [3.05, 3.63) is 29.6 Å². The maximum absolute atomic E-state index is 13.7. The van der Waals surface area contributed by atoms with Gasteiger partial charge in [-0.1, -0.05) is 26.0 Å². The number of rotatable bonds is 5. The first-order valence-electron chi connectivity index (χ1n) is 6.12. The first-order valence-corrected chi connectivity index (χ1v) is 6.12. The summed E-state index contributed by atoms with van der Waals surface area (Å²) in [5.74, 6) is 0.488. The fraction of sp³-hybridized carbons (Fsp3) is 0.571. The third-order valence-corrected chi connectivity index (χ3v) is 2.61. The van der Waals surface area contributed by atoms with Crippen LogP contribution < -0.4 is 10.5 Å². The van der Waals surface area contributed by atoms with Gasteiger partial charge in [0, 0.05) is 11.6 Å². The largest absolute Gasteiger partial charge is 0.487 e. The summed E-state index contributed by atoms with van der Waals surface area (Å²) in [5.41, 5.74) is 6.54. The number of hydrogen-bond donors (Lipinski definition) is 1. The second-order valence-electron chi connectivity index (χ2n) is 5.00. The summed E-state index contributed by atoms with van der Waals surface area (Å²) in [4.78, 5) is 0. The Morgan fingerprint density at radius 3 is 2.41 bits per heavy atom. The van der Waals surface area contributed by atoms with E-state index in [1.165, 1.54) is 6.07 Å². The third kappa shape index (κ3) is 4.00. The van der Waals surface area contributed by atoms with Gasteiger partial charge in [-0.05, 0) is 32.3 Å².